The lowest BCUT2D eigenvalue weighted by Crippen LogP contribution is -2.39. The van der Waals surface area contributed by atoms with Gasteiger partial charge in [-0.05, 0) is 30.9 Å². The highest BCUT2D eigenvalue weighted by Crippen LogP contribution is 2.33. The lowest BCUT2D eigenvalue weighted by atomic mass is 9.91. The molecular weight excluding hydrogens is 328 g/mol. The zero-order valence-electron chi connectivity index (χ0n) is 13.7. The summed E-state index contributed by atoms with van der Waals surface area (Å²) in [6, 6.07) is 9.25. The second kappa shape index (κ2) is 6.07. The highest BCUT2D eigenvalue weighted by molar-refractivity contribution is 7.89. The number of amides is 1. The van der Waals surface area contributed by atoms with E-state index in [1.54, 1.807) is 4.90 Å². The molecule has 1 atom stereocenters. The van der Waals surface area contributed by atoms with E-state index in [2.05, 4.69) is 6.07 Å². The van der Waals surface area contributed by atoms with Crippen LogP contribution in [0.5, 0.6) is 0 Å². The maximum Gasteiger partial charge on any atom is 0.290 e. The molecule has 0 radical (unpaired) electrons. The van der Waals surface area contributed by atoms with E-state index in [0.29, 0.717) is 6.54 Å². The van der Waals surface area contributed by atoms with Gasteiger partial charge in [-0.2, -0.15) is 0 Å². The van der Waals surface area contributed by atoms with Crippen LogP contribution in [-0.4, -0.2) is 25.8 Å². The summed E-state index contributed by atoms with van der Waals surface area (Å²) in [6.07, 6.45) is 1.53. The minimum Gasteiger partial charge on any atom is -0.455 e. The first-order valence-electron chi connectivity index (χ1n) is 7.85. The van der Waals surface area contributed by atoms with E-state index in [0.717, 1.165) is 18.4 Å². The standard InChI is InChI=1S/C17H20N2O4S/c1-3-14-13-7-5-4-6-12(13)8-9-19(14)17(20)15-10-16(11(2)23-15)24(18,21)22/h4-7,10,14H,3,8-9H2,1-2H3,(H2,18,21,22)/t14-/m0/s1. The molecule has 1 amide bonds. The molecule has 1 aliphatic heterocycles. The second-order valence-electron chi connectivity index (χ2n) is 5.95. The van der Waals surface area contributed by atoms with Crippen LogP contribution in [0.1, 0.15) is 46.8 Å². The number of nitrogens with zero attached hydrogens (tertiary/aromatic N) is 1. The Morgan fingerprint density at radius 2 is 2.08 bits per heavy atom. The number of benzene rings is 1. The Morgan fingerprint density at radius 3 is 2.71 bits per heavy atom. The van der Waals surface area contributed by atoms with Crippen LogP contribution in [0.2, 0.25) is 0 Å². The third-order valence-electron chi connectivity index (χ3n) is 4.45. The molecule has 0 saturated carbocycles. The number of aryl methyl sites for hydroxylation is 1. The van der Waals surface area contributed by atoms with Gasteiger partial charge in [-0.1, -0.05) is 31.2 Å². The van der Waals surface area contributed by atoms with Crippen LogP contribution in [0.25, 0.3) is 0 Å². The summed E-state index contributed by atoms with van der Waals surface area (Å²) in [5.74, 6) is -0.171. The van der Waals surface area contributed by atoms with Crippen molar-refractivity contribution in [2.45, 2.75) is 37.6 Å². The molecule has 0 saturated heterocycles. The van der Waals surface area contributed by atoms with Crippen molar-refractivity contribution in [2.75, 3.05) is 6.54 Å². The van der Waals surface area contributed by atoms with Crippen LogP contribution < -0.4 is 5.14 Å². The summed E-state index contributed by atoms with van der Waals surface area (Å²) in [4.78, 5) is 14.5. The van der Waals surface area contributed by atoms with E-state index in [1.807, 2.05) is 25.1 Å². The van der Waals surface area contributed by atoms with Gasteiger partial charge in [0.15, 0.2) is 5.76 Å². The minimum absolute atomic E-state index is 0.00866. The summed E-state index contributed by atoms with van der Waals surface area (Å²) >= 11 is 0. The largest absolute Gasteiger partial charge is 0.455 e. The topological polar surface area (TPSA) is 93.6 Å². The lowest BCUT2D eigenvalue weighted by Gasteiger charge is -2.36. The van der Waals surface area contributed by atoms with E-state index in [-0.39, 0.29) is 28.4 Å². The predicted octanol–water partition coefficient (Wildman–Crippen LogP) is 2.39. The molecule has 2 heterocycles. The lowest BCUT2D eigenvalue weighted by molar-refractivity contribution is 0.0621. The van der Waals surface area contributed by atoms with Gasteiger partial charge >= 0.3 is 0 Å². The molecule has 3 rings (SSSR count). The number of fused-ring (bicyclic) bond motifs is 1. The van der Waals surface area contributed by atoms with Gasteiger partial charge in [0.05, 0.1) is 6.04 Å². The first kappa shape index (κ1) is 16.7. The van der Waals surface area contributed by atoms with Crippen molar-refractivity contribution in [3.05, 3.63) is 53.0 Å². The maximum absolute atomic E-state index is 12.9. The van der Waals surface area contributed by atoms with Crippen LogP contribution in [-0.2, 0) is 16.4 Å². The highest BCUT2D eigenvalue weighted by atomic mass is 32.2. The average molecular weight is 348 g/mol. The molecular formula is C17H20N2O4S. The van der Waals surface area contributed by atoms with Gasteiger partial charge in [0.25, 0.3) is 5.91 Å². The van der Waals surface area contributed by atoms with Crippen molar-refractivity contribution in [2.24, 2.45) is 5.14 Å². The van der Waals surface area contributed by atoms with Crippen molar-refractivity contribution in [3.63, 3.8) is 0 Å². The highest BCUT2D eigenvalue weighted by Gasteiger charge is 2.32. The number of hydrogen-bond donors (Lipinski definition) is 1. The monoisotopic (exact) mass is 348 g/mol. The molecule has 1 aliphatic rings. The van der Waals surface area contributed by atoms with Gasteiger partial charge in [0.1, 0.15) is 10.7 Å². The van der Waals surface area contributed by atoms with Crippen molar-refractivity contribution < 1.29 is 17.6 Å². The molecule has 0 fully saturated rings. The Bertz CT molecular complexity index is 886. The van der Waals surface area contributed by atoms with Crippen LogP contribution >= 0.6 is 0 Å². The molecule has 2 N–H and O–H groups in total. The Balaban J connectivity index is 1.96. The molecule has 128 valence electrons. The number of primary sulfonamides is 1. The third kappa shape index (κ3) is 2.85. The van der Waals surface area contributed by atoms with Gasteiger partial charge in [0.2, 0.25) is 10.0 Å². The molecule has 0 spiro atoms. The molecule has 0 aliphatic carbocycles. The number of rotatable bonds is 3. The molecule has 1 aromatic carbocycles. The molecule has 24 heavy (non-hydrogen) atoms. The van der Waals surface area contributed by atoms with Crippen LogP contribution in [0, 0.1) is 6.92 Å². The third-order valence-corrected chi connectivity index (χ3v) is 5.47. The summed E-state index contributed by atoms with van der Waals surface area (Å²) in [5.41, 5.74) is 2.38. The van der Waals surface area contributed by atoms with Crippen LogP contribution in [0.3, 0.4) is 0 Å². The first-order valence-corrected chi connectivity index (χ1v) is 9.39. The van der Waals surface area contributed by atoms with Crippen LogP contribution in [0.15, 0.2) is 39.6 Å². The molecule has 0 unspecified atom stereocenters. The van der Waals surface area contributed by atoms with Crippen LogP contribution in [0.4, 0.5) is 0 Å². The number of carbonyl (C=O) groups is 1. The molecule has 1 aromatic heterocycles. The van der Waals surface area contributed by atoms with E-state index in [1.165, 1.54) is 18.6 Å². The summed E-state index contributed by atoms with van der Waals surface area (Å²) in [6.45, 7) is 4.08. The smallest absolute Gasteiger partial charge is 0.290 e. The van der Waals surface area contributed by atoms with Gasteiger partial charge < -0.3 is 9.32 Å². The zero-order valence-corrected chi connectivity index (χ0v) is 14.5. The summed E-state index contributed by atoms with van der Waals surface area (Å²) < 4.78 is 28.5. The van der Waals surface area contributed by atoms with Crippen molar-refractivity contribution in [1.82, 2.24) is 4.90 Å². The zero-order chi connectivity index (χ0) is 17.5. The van der Waals surface area contributed by atoms with E-state index in [9.17, 15) is 13.2 Å². The fraction of sp³-hybridized carbons (Fsp3) is 0.353. The Labute approximate surface area is 141 Å². The molecule has 6 nitrogen and oxygen atoms in total. The van der Waals surface area contributed by atoms with Crippen molar-refractivity contribution in [3.8, 4) is 0 Å². The van der Waals surface area contributed by atoms with Gasteiger partial charge in [-0.3, -0.25) is 4.79 Å². The minimum atomic E-state index is -3.91. The quantitative estimate of drug-likeness (QED) is 0.921. The number of furan rings is 1. The van der Waals surface area contributed by atoms with E-state index < -0.39 is 10.0 Å². The van der Waals surface area contributed by atoms with E-state index >= 15 is 0 Å². The van der Waals surface area contributed by atoms with Gasteiger partial charge in [-0.15, -0.1) is 0 Å². The molecule has 2 aromatic rings. The normalized spacial score (nSPS) is 17.6. The summed E-state index contributed by atoms with van der Waals surface area (Å²) in [5, 5.41) is 5.15. The summed E-state index contributed by atoms with van der Waals surface area (Å²) in [7, 11) is -3.91. The Kier molecular flexibility index (Phi) is 4.23. The number of hydrogen-bond acceptors (Lipinski definition) is 4. The van der Waals surface area contributed by atoms with E-state index in [4.69, 9.17) is 9.56 Å². The number of sulfonamides is 1. The van der Waals surface area contributed by atoms with Gasteiger partial charge in [-0.25, -0.2) is 13.6 Å². The first-order chi connectivity index (χ1) is 11.3. The fourth-order valence-corrected chi connectivity index (χ4v) is 4.04. The average Bonchev–Trinajstić information content (AvgIpc) is 2.95. The van der Waals surface area contributed by atoms with Gasteiger partial charge in [0, 0.05) is 12.6 Å². The second-order valence-corrected chi connectivity index (χ2v) is 7.48. The fourth-order valence-electron chi connectivity index (χ4n) is 3.33. The number of carbonyl (C=O) groups excluding carboxylic acids is 1. The Hall–Kier alpha value is -2.12. The molecule has 0 bridgehead atoms. The van der Waals surface area contributed by atoms with Crippen molar-refractivity contribution in [1.29, 1.82) is 0 Å². The maximum atomic E-state index is 12.9. The number of nitrogens with two attached hydrogens (primary N) is 1. The Morgan fingerprint density at radius 1 is 1.38 bits per heavy atom. The molecule has 7 heteroatoms. The SMILES string of the molecule is CC[C@H]1c2ccccc2CCN1C(=O)c1cc(S(N)(=O)=O)c(C)o1. The van der Waals surface area contributed by atoms with Crippen molar-refractivity contribution >= 4 is 15.9 Å². The predicted molar refractivity (Wildman–Crippen MR) is 89.0 cm³/mol.